The van der Waals surface area contributed by atoms with E-state index in [-0.39, 0.29) is 0 Å². The molecule has 126 valence electrons. The molecule has 0 N–H and O–H groups in total. The van der Waals surface area contributed by atoms with E-state index in [1.165, 1.54) is 0 Å². The first-order valence-corrected chi connectivity index (χ1v) is 8.86. The minimum Gasteiger partial charge on any atom is -0.356 e. The summed E-state index contributed by atoms with van der Waals surface area (Å²) in [5.74, 6) is 0. The lowest BCUT2D eigenvalue weighted by Crippen LogP contribution is -2.19. The summed E-state index contributed by atoms with van der Waals surface area (Å²) in [7, 11) is -1.33. The molecule has 5 nitrogen and oxygen atoms in total. The zero-order valence-electron chi connectivity index (χ0n) is 14.2. The molecule has 0 saturated carbocycles. The van der Waals surface area contributed by atoms with Crippen LogP contribution < -0.4 is 0 Å². The van der Waals surface area contributed by atoms with Gasteiger partial charge in [0.2, 0.25) is 0 Å². The molecule has 1 aromatic heterocycles. The smallest absolute Gasteiger partial charge is 0.168 e. The lowest BCUT2D eigenvalue weighted by molar-refractivity contribution is 0.459. The Balaban J connectivity index is 2.06. The van der Waals surface area contributed by atoms with Gasteiger partial charge in [-0.15, -0.1) is 0 Å². The molecule has 0 aliphatic heterocycles. The molecule has 0 spiro atoms. The first-order valence-electron chi connectivity index (χ1n) is 7.75. The largest absolute Gasteiger partial charge is 0.356 e. The lowest BCUT2D eigenvalue weighted by Gasteiger charge is -2.12. The van der Waals surface area contributed by atoms with Crippen molar-refractivity contribution < 1.29 is 8.73 Å². The number of nitriles is 1. The van der Waals surface area contributed by atoms with Gasteiger partial charge in [0.25, 0.3) is 0 Å². The molecule has 1 heterocycles. The van der Waals surface area contributed by atoms with Crippen molar-refractivity contribution in [3.05, 3.63) is 53.6 Å². The molecule has 0 amide bonds. The van der Waals surface area contributed by atoms with E-state index in [2.05, 4.69) is 15.6 Å². The summed E-state index contributed by atoms with van der Waals surface area (Å²) >= 11 is 0. The summed E-state index contributed by atoms with van der Waals surface area (Å²) in [4.78, 5) is 0. The van der Waals surface area contributed by atoms with Crippen molar-refractivity contribution in [1.82, 2.24) is 5.16 Å². The van der Waals surface area contributed by atoms with E-state index < -0.39 is 15.7 Å². The second-order valence-corrected chi connectivity index (χ2v) is 8.47. The quantitative estimate of drug-likeness (QED) is 0.661. The minimum atomic E-state index is -1.33. The average molecular weight is 351 g/mol. The molecule has 0 aliphatic rings. The zero-order chi connectivity index (χ0) is 18.0. The van der Waals surface area contributed by atoms with E-state index in [9.17, 15) is 4.21 Å². The number of hydrogen-bond donors (Lipinski definition) is 0. The van der Waals surface area contributed by atoms with E-state index in [4.69, 9.17) is 9.78 Å². The predicted molar refractivity (Wildman–Crippen MR) is 99.6 cm³/mol. The number of aromatic nitrogens is 1. The number of benzene rings is 2. The molecule has 3 aromatic rings. The van der Waals surface area contributed by atoms with Crippen LogP contribution in [-0.2, 0) is 11.0 Å². The first-order chi connectivity index (χ1) is 11.9. The van der Waals surface area contributed by atoms with Gasteiger partial charge < -0.3 is 4.52 Å². The van der Waals surface area contributed by atoms with Gasteiger partial charge in [0.05, 0.1) is 16.4 Å². The molecule has 0 bridgehead atoms. The first kappa shape index (κ1) is 17.1. The summed E-state index contributed by atoms with van der Waals surface area (Å²) in [6, 6.07) is 14.9. The van der Waals surface area contributed by atoms with Gasteiger partial charge in [-0.25, -0.2) is 4.21 Å². The van der Waals surface area contributed by atoms with Gasteiger partial charge in [0.15, 0.2) is 5.58 Å². The summed E-state index contributed by atoms with van der Waals surface area (Å²) in [5, 5.41) is 14.0. The van der Waals surface area contributed by atoms with Crippen LogP contribution >= 0.6 is 0 Å². The van der Waals surface area contributed by atoms with Crippen molar-refractivity contribution in [2.24, 2.45) is 4.40 Å². The van der Waals surface area contributed by atoms with Crippen LogP contribution in [0.2, 0.25) is 0 Å². The number of fused-ring (bicyclic) bond motifs is 1. The normalized spacial score (nSPS) is 13.2. The van der Waals surface area contributed by atoms with Gasteiger partial charge in [-0.05, 0) is 32.9 Å². The Labute approximate surface area is 148 Å². The summed E-state index contributed by atoms with van der Waals surface area (Å²) in [5.41, 5.74) is 3.38. The minimum absolute atomic E-state index is 0.417. The van der Waals surface area contributed by atoms with Crippen LogP contribution in [0.15, 0.2) is 51.4 Å². The van der Waals surface area contributed by atoms with Crippen LogP contribution in [0.25, 0.3) is 22.2 Å². The van der Waals surface area contributed by atoms with Gasteiger partial charge in [-0.2, -0.15) is 9.66 Å². The maximum atomic E-state index is 12.2. The standard InChI is InChI=1S/C19H17N3O2S/c1-19(2,3)25(23)21-12-14-6-4-5-7-15(14)18-16-9-8-13(11-20)10-17(16)24-22-18/h4-10,12H,1-3H3/b21-12+/t25-/m0/s1. The fraction of sp³-hybridized carbons (Fsp3) is 0.211. The molecule has 0 unspecified atom stereocenters. The van der Waals surface area contributed by atoms with Crippen molar-refractivity contribution in [2.75, 3.05) is 0 Å². The molecular formula is C19H17N3O2S. The van der Waals surface area contributed by atoms with E-state index in [0.29, 0.717) is 16.8 Å². The number of hydrogen-bond acceptors (Lipinski definition) is 4. The van der Waals surface area contributed by atoms with Gasteiger partial charge in [-0.3, -0.25) is 0 Å². The third kappa shape index (κ3) is 3.52. The maximum Gasteiger partial charge on any atom is 0.168 e. The monoisotopic (exact) mass is 351 g/mol. The molecule has 0 saturated heterocycles. The second-order valence-electron chi connectivity index (χ2n) is 6.54. The summed E-state index contributed by atoms with van der Waals surface area (Å²) in [6.07, 6.45) is 1.61. The molecule has 1 atom stereocenters. The third-order valence-electron chi connectivity index (χ3n) is 3.63. The molecule has 2 aromatic carbocycles. The van der Waals surface area contributed by atoms with Crippen molar-refractivity contribution in [3.8, 4) is 17.3 Å². The van der Waals surface area contributed by atoms with Gasteiger partial charge >= 0.3 is 0 Å². The average Bonchev–Trinajstić information content (AvgIpc) is 3.01. The summed E-state index contributed by atoms with van der Waals surface area (Å²) < 4.78 is 21.3. The van der Waals surface area contributed by atoms with Crippen molar-refractivity contribution in [2.45, 2.75) is 25.5 Å². The molecule has 0 fully saturated rings. The highest BCUT2D eigenvalue weighted by atomic mass is 32.2. The number of rotatable bonds is 3. The Morgan fingerprint density at radius 1 is 1.24 bits per heavy atom. The van der Waals surface area contributed by atoms with E-state index in [0.717, 1.165) is 16.5 Å². The molecule has 6 heteroatoms. The Kier molecular flexibility index (Phi) is 4.51. The second kappa shape index (κ2) is 6.61. The SMILES string of the molecule is CC(C)(C)[S@](=O)/N=C/c1ccccc1-c1noc2cc(C#N)ccc12. The number of nitrogens with zero attached hydrogens (tertiary/aromatic N) is 3. The Hall–Kier alpha value is -2.78. The van der Waals surface area contributed by atoms with Crippen molar-refractivity contribution in [3.63, 3.8) is 0 Å². The van der Waals surface area contributed by atoms with Gasteiger partial charge in [-0.1, -0.05) is 29.4 Å². The van der Waals surface area contributed by atoms with Crippen molar-refractivity contribution >= 4 is 28.2 Å². The zero-order valence-corrected chi connectivity index (χ0v) is 15.0. The molecule has 0 aliphatic carbocycles. The Morgan fingerprint density at radius 2 is 2.00 bits per heavy atom. The molecule has 3 rings (SSSR count). The van der Waals surface area contributed by atoms with E-state index in [1.54, 1.807) is 18.3 Å². The van der Waals surface area contributed by atoms with Crippen LogP contribution in [0.3, 0.4) is 0 Å². The Morgan fingerprint density at radius 3 is 2.72 bits per heavy atom. The van der Waals surface area contributed by atoms with Crippen LogP contribution in [0.1, 0.15) is 31.9 Å². The summed E-state index contributed by atoms with van der Waals surface area (Å²) in [6.45, 7) is 5.64. The topological polar surface area (TPSA) is 79.2 Å². The Bertz CT molecular complexity index is 1020. The predicted octanol–water partition coefficient (Wildman–Crippen LogP) is 4.25. The molecule has 0 radical (unpaired) electrons. The fourth-order valence-corrected chi connectivity index (χ4v) is 2.81. The molecule has 25 heavy (non-hydrogen) atoms. The lowest BCUT2D eigenvalue weighted by atomic mass is 10.0. The van der Waals surface area contributed by atoms with Crippen LogP contribution in [0, 0.1) is 11.3 Å². The maximum absolute atomic E-state index is 12.2. The highest BCUT2D eigenvalue weighted by molar-refractivity contribution is 7.85. The van der Waals surface area contributed by atoms with Crippen molar-refractivity contribution in [1.29, 1.82) is 5.26 Å². The fourth-order valence-electron chi connectivity index (χ4n) is 2.29. The highest BCUT2D eigenvalue weighted by Gasteiger charge is 2.19. The highest BCUT2D eigenvalue weighted by Crippen LogP contribution is 2.30. The van der Waals surface area contributed by atoms with E-state index >= 15 is 0 Å². The third-order valence-corrected chi connectivity index (χ3v) is 4.97. The van der Waals surface area contributed by atoms with Crippen LogP contribution in [-0.4, -0.2) is 20.3 Å². The molecular weight excluding hydrogens is 334 g/mol. The van der Waals surface area contributed by atoms with Crippen LogP contribution in [0.4, 0.5) is 0 Å². The van der Waals surface area contributed by atoms with E-state index in [1.807, 2.05) is 51.1 Å². The van der Waals surface area contributed by atoms with Gasteiger partial charge in [0.1, 0.15) is 16.7 Å². The van der Waals surface area contributed by atoms with Crippen LogP contribution in [0.5, 0.6) is 0 Å². The van der Waals surface area contributed by atoms with Gasteiger partial charge in [0, 0.05) is 28.8 Å².